The molecule has 0 aromatic heterocycles. The zero-order chi connectivity index (χ0) is 21.2. The van der Waals surface area contributed by atoms with E-state index in [1.165, 1.54) is 25.1 Å². The highest BCUT2D eigenvalue weighted by Gasteiger charge is 2.25. The van der Waals surface area contributed by atoms with Gasteiger partial charge in [0.25, 0.3) is 0 Å². The van der Waals surface area contributed by atoms with E-state index in [1.807, 2.05) is 30.3 Å². The average molecular weight is 399 g/mol. The highest BCUT2D eigenvalue weighted by molar-refractivity contribution is 5.91. The Balaban J connectivity index is 1.99. The van der Waals surface area contributed by atoms with Crippen molar-refractivity contribution in [3.63, 3.8) is 0 Å². The number of nitrogens with one attached hydrogen (secondary N) is 2. The van der Waals surface area contributed by atoms with E-state index in [9.17, 15) is 18.8 Å². The van der Waals surface area contributed by atoms with Crippen LogP contribution in [0.15, 0.2) is 54.6 Å². The maximum absolute atomic E-state index is 13.4. The van der Waals surface area contributed by atoms with Gasteiger partial charge >= 0.3 is 0 Å². The fraction of sp³-hybridized carbons (Fsp3) is 0.318. The third kappa shape index (κ3) is 7.73. The number of carbonyl (C=O) groups is 3. The molecule has 0 bridgehead atoms. The standard InChI is InChI=1S/C22H26FN3O3/c1-15(27)25-20(14-17-10-5-11-18(23)13-17)22(29)26-19(21(24)28)12-6-9-16-7-3-2-4-8-16/h2-5,7-8,10-11,13,19-20H,6,9,12,14H2,1H3,(H2,24,28)(H,25,27)(H,26,29)/t19-,20+/m1/s1. The molecule has 0 heterocycles. The Morgan fingerprint density at radius 3 is 2.28 bits per heavy atom. The molecule has 3 amide bonds. The minimum absolute atomic E-state index is 0.0959. The lowest BCUT2D eigenvalue weighted by Gasteiger charge is -2.21. The summed E-state index contributed by atoms with van der Waals surface area (Å²) in [7, 11) is 0. The molecule has 0 unspecified atom stereocenters. The van der Waals surface area contributed by atoms with Gasteiger partial charge in [-0.3, -0.25) is 14.4 Å². The van der Waals surface area contributed by atoms with Crippen molar-refractivity contribution in [1.82, 2.24) is 10.6 Å². The SMILES string of the molecule is CC(=O)N[C@@H](Cc1cccc(F)c1)C(=O)N[C@H](CCCc1ccccc1)C(N)=O. The van der Waals surface area contributed by atoms with Crippen molar-refractivity contribution >= 4 is 17.7 Å². The fourth-order valence-corrected chi connectivity index (χ4v) is 3.07. The van der Waals surface area contributed by atoms with E-state index in [-0.39, 0.29) is 6.42 Å². The summed E-state index contributed by atoms with van der Waals surface area (Å²) in [6.45, 7) is 1.29. The van der Waals surface area contributed by atoms with Gasteiger partial charge in [0.1, 0.15) is 17.9 Å². The van der Waals surface area contributed by atoms with Crippen molar-refractivity contribution in [3.8, 4) is 0 Å². The lowest BCUT2D eigenvalue weighted by atomic mass is 10.0. The normalized spacial score (nSPS) is 12.6. The molecule has 0 aliphatic carbocycles. The maximum Gasteiger partial charge on any atom is 0.243 e. The van der Waals surface area contributed by atoms with Crippen LogP contribution in [0, 0.1) is 5.82 Å². The van der Waals surface area contributed by atoms with Crippen LogP contribution in [-0.2, 0) is 27.2 Å². The summed E-state index contributed by atoms with van der Waals surface area (Å²) >= 11 is 0. The molecule has 154 valence electrons. The maximum atomic E-state index is 13.4. The van der Waals surface area contributed by atoms with Crippen molar-refractivity contribution < 1.29 is 18.8 Å². The summed E-state index contributed by atoms with van der Waals surface area (Å²) in [6, 6.07) is 13.8. The zero-order valence-electron chi connectivity index (χ0n) is 16.4. The molecule has 29 heavy (non-hydrogen) atoms. The van der Waals surface area contributed by atoms with Crippen molar-refractivity contribution in [1.29, 1.82) is 0 Å². The second-order valence-electron chi connectivity index (χ2n) is 6.93. The highest BCUT2D eigenvalue weighted by atomic mass is 19.1. The fourth-order valence-electron chi connectivity index (χ4n) is 3.07. The number of primary amides is 1. The first-order valence-electron chi connectivity index (χ1n) is 9.50. The van der Waals surface area contributed by atoms with Crippen molar-refractivity contribution in [2.24, 2.45) is 5.73 Å². The number of halogens is 1. The van der Waals surface area contributed by atoms with E-state index in [2.05, 4.69) is 10.6 Å². The van der Waals surface area contributed by atoms with Gasteiger partial charge in [0, 0.05) is 13.3 Å². The van der Waals surface area contributed by atoms with E-state index in [4.69, 9.17) is 5.73 Å². The molecule has 2 aromatic carbocycles. The van der Waals surface area contributed by atoms with Crippen LogP contribution >= 0.6 is 0 Å². The third-order valence-electron chi connectivity index (χ3n) is 4.48. The third-order valence-corrected chi connectivity index (χ3v) is 4.48. The predicted molar refractivity (Wildman–Crippen MR) is 108 cm³/mol. The molecule has 0 saturated carbocycles. The van der Waals surface area contributed by atoms with Crippen LogP contribution in [-0.4, -0.2) is 29.8 Å². The minimum atomic E-state index is -0.940. The zero-order valence-corrected chi connectivity index (χ0v) is 16.4. The number of hydrogen-bond acceptors (Lipinski definition) is 3. The Labute approximate surface area is 169 Å². The van der Waals surface area contributed by atoms with Gasteiger partial charge in [-0.15, -0.1) is 0 Å². The highest BCUT2D eigenvalue weighted by Crippen LogP contribution is 2.09. The number of rotatable bonds is 10. The van der Waals surface area contributed by atoms with Crippen LogP contribution in [0.5, 0.6) is 0 Å². The summed E-state index contributed by atoms with van der Waals surface area (Å²) in [5.74, 6) is -2.01. The number of amides is 3. The molecule has 4 N–H and O–H groups in total. The number of hydrogen-bond donors (Lipinski definition) is 3. The van der Waals surface area contributed by atoms with E-state index in [1.54, 1.807) is 6.07 Å². The summed E-state index contributed by atoms with van der Waals surface area (Å²) in [5, 5.41) is 5.17. The summed E-state index contributed by atoms with van der Waals surface area (Å²) in [5.41, 5.74) is 7.13. The van der Waals surface area contributed by atoms with Crippen LogP contribution in [0.2, 0.25) is 0 Å². The number of carbonyl (C=O) groups excluding carboxylic acids is 3. The molecule has 0 radical (unpaired) electrons. The van der Waals surface area contributed by atoms with E-state index in [0.717, 1.165) is 12.0 Å². The minimum Gasteiger partial charge on any atom is -0.368 e. The van der Waals surface area contributed by atoms with E-state index >= 15 is 0 Å². The van der Waals surface area contributed by atoms with Crippen LogP contribution in [0.1, 0.15) is 30.9 Å². The smallest absolute Gasteiger partial charge is 0.243 e. The molecular formula is C22H26FN3O3. The molecule has 0 fully saturated rings. The van der Waals surface area contributed by atoms with Gasteiger partial charge in [-0.2, -0.15) is 0 Å². The van der Waals surface area contributed by atoms with Gasteiger partial charge in [-0.1, -0.05) is 42.5 Å². The summed E-state index contributed by atoms with van der Waals surface area (Å²) in [6.07, 6.45) is 1.88. The Kier molecular flexibility index (Phi) is 8.33. The molecular weight excluding hydrogens is 373 g/mol. The molecule has 2 rings (SSSR count). The molecule has 2 atom stereocenters. The number of nitrogens with two attached hydrogens (primary N) is 1. The van der Waals surface area contributed by atoms with Crippen LogP contribution < -0.4 is 16.4 Å². The topological polar surface area (TPSA) is 101 Å². The predicted octanol–water partition coefficient (Wildman–Crippen LogP) is 1.87. The Hall–Kier alpha value is -3.22. The largest absolute Gasteiger partial charge is 0.368 e. The second-order valence-corrected chi connectivity index (χ2v) is 6.93. The monoisotopic (exact) mass is 399 g/mol. The van der Waals surface area contributed by atoms with Gasteiger partial charge in [-0.05, 0) is 42.5 Å². The average Bonchev–Trinajstić information content (AvgIpc) is 2.67. The van der Waals surface area contributed by atoms with Gasteiger partial charge in [-0.25, -0.2) is 4.39 Å². The molecule has 0 spiro atoms. The summed E-state index contributed by atoms with van der Waals surface area (Å²) in [4.78, 5) is 36.0. The van der Waals surface area contributed by atoms with Crippen molar-refractivity contribution in [2.75, 3.05) is 0 Å². The number of benzene rings is 2. The van der Waals surface area contributed by atoms with Crippen LogP contribution in [0.3, 0.4) is 0 Å². The summed E-state index contributed by atoms with van der Waals surface area (Å²) < 4.78 is 13.4. The molecule has 2 aromatic rings. The second kappa shape index (κ2) is 10.9. The van der Waals surface area contributed by atoms with Crippen LogP contribution in [0.25, 0.3) is 0 Å². The van der Waals surface area contributed by atoms with Crippen LogP contribution in [0.4, 0.5) is 4.39 Å². The van der Waals surface area contributed by atoms with Gasteiger partial charge in [0.15, 0.2) is 0 Å². The molecule has 6 nitrogen and oxygen atoms in total. The molecule has 0 saturated heterocycles. The lowest BCUT2D eigenvalue weighted by molar-refractivity contribution is -0.130. The number of aryl methyl sites for hydroxylation is 1. The molecule has 7 heteroatoms. The molecule has 0 aliphatic heterocycles. The first-order valence-corrected chi connectivity index (χ1v) is 9.50. The first-order chi connectivity index (χ1) is 13.8. The molecule has 0 aliphatic rings. The first kappa shape index (κ1) is 22.1. The van der Waals surface area contributed by atoms with E-state index in [0.29, 0.717) is 18.4 Å². The van der Waals surface area contributed by atoms with Crippen molar-refractivity contribution in [3.05, 3.63) is 71.5 Å². The Morgan fingerprint density at radius 2 is 1.66 bits per heavy atom. The Morgan fingerprint density at radius 1 is 0.966 bits per heavy atom. The van der Waals surface area contributed by atoms with Gasteiger partial charge < -0.3 is 16.4 Å². The van der Waals surface area contributed by atoms with E-state index < -0.39 is 35.6 Å². The van der Waals surface area contributed by atoms with Gasteiger partial charge in [0.2, 0.25) is 17.7 Å². The van der Waals surface area contributed by atoms with Gasteiger partial charge in [0.05, 0.1) is 0 Å². The quantitative estimate of drug-likeness (QED) is 0.568. The Bertz CT molecular complexity index is 842. The lowest BCUT2D eigenvalue weighted by Crippen LogP contribution is -2.53. The van der Waals surface area contributed by atoms with Crippen molar-refractivity contribution in [2.45, 2.75) is 44.7 Å².